The SMILES string of the molecule is CC(=O)N(CC(=O)Nc1cccc(F)c1)c1ccc(F)cc1F. The highest BCUT2D eigenvalue weighted by Crippen LogP contribution is 2.20. The van der Waals surface area contributed by atoms with Crippen LogP contribution in [0.4, 0.5) is 24.5 Å². The number of rotatable bonds is 4. The second kappa shape index (κ2) is 6.95. The third-order valence-corrected chi connectivity index (χ3v) is 2.99. The van der Waals surface area contributed by atoms with Crippen LogP contribution < -0.4 is 10.2 Å². The fourth-order valence-corrected chi connectivity index (χ4v) is 1.98. The van der Waals surface area contributed by atoms with Crippen LogP contribution in [0, 0.1) is 17.5 Å². The molecule has 120 valence electrons. The standard InChI is InChI=1S/C16H13F3N2O2/c1-10(22)21(15-6-5-12(18)8-14(15)19)9-16(23)20-13-4-2-3-11(17)7-13/h2-8H,9H2,1H3,(H,20,23). The van der Waals surface area contributed by atoms with Crippen LogP contribution in [0.2, 0.25) is 0 Å². The molecule has 7 heteroatoms. The lowest BCUT2D eigenvalue weighted by Gasteiger charge is -2.21. The minimum absolute atomic E-state index is 0.207. The van der Waals surface area contributed by atoms with Crippen LogP contribution >= 0.6 is 0 Å². The van der Waals surface area contributed by atoms with E-state index in [4.69, 9.17) is 0 Å². The molecular formula is C16H13F3N2O2. The molecule has 0 unspecified atom stereocenters. The molecule has 0 fully saturated rings. The molecule has 2 amide bonds. The maximum atomic E-state index is 13.8. The predicted molar refractivity (Wildman–Crippen MR) is 79.4 cm³/mol. The van der Waals surface area contributed by atoms with E-state index in [1.807, 2.05) is 0 Å². The molecule has 4 nitrogen and oxygen atoms in total. The largest absolute Gasteiger partial charge is 0.324 e. The van der Waals surface area contributed by atoms with E-state index in [0.29, 0.717) is 6.07 Å². The molecule has 0 heterocycles. The topological polar surface area (TPSA) is 49.4 Å². The van der Waals surface area contributed by atoms with E-state index >= 15 is 0 Å². The van der Waals surface area contributed by atoms with Crippen LogP contribution in [-0.4, -0.2) is 18.4 Å². The summed E-state index contributed by atoms with van der Waals surface area (Å²) >= 11 is 0. The van der Waals surface area contributed by atoms with Crippen molar-refractivity contribution in [1.29, 1.82) is 0 Å². The molecule has 2 aromatic rings. The summed E-state index contributed by atoms with van der Waals surface area (Å²) in [4.78, 5) is 24.5. The first-order chi connectivity index (χ1) is 10.9. The van der Waals surface area contributed by atoms with Gasteiger partial charge in [0.15, 0.2) is 0 Å². The van der Waals surface area contributed by atoms with Crippen molar-refractivity contribution >= 4 is 23.2 Å². The van der Waals surface area contributed by atoms with E-state index in [1.165, 1.54) is 18.2 Å². The summed E-state index contributed by atoms with van der Waals surface area (Å²) in [5.41, 5.74) is -0.00799. The van der Waals surface area contributed by atoms with Gasteiger partial charge in [-0.1, -0.05) is 6.07 Å². The van der Waals surface area contributed by atoms with Gasteiger partial charge in [-0.2, -0.15) is 0 Å². The normalized spacial score (nSPS) is 10.3. The molecule has 0 aliphatic carbocycles. The van der Waals surface area contributed by atoms with Crippen LogP contribution in [0.25, 0.3) is 0 Å². The van der Waals surface area contributed by atoms with Crippen LogP contribution in [-0.2, 0) is 9.59 Å². The Bertz CT molecular complexity index is 750. The van der Waals surface area contributed by atoms with Gasteiger partial charge < -0.3 is 10.2 Å². The van der Waals surface area contributed by atoms with Gasteiger partial charge in [0.2, 0.25) is 11.8 Å². The van der Waals surface area contributed by atoms with Gasteiger partial charge in [0, 0.05) is 18.7 Å². The Kier molecular flexibility index (Phi) is 5.00. The molecule has 0 aliphatic rings. The molecule has 0 saturated heterocycles. The third kappa shape index (κ3) is 4.32. The molecule has 1 N–H and O–H groups in total. The molecule has 2 rings (SSSR count). The number of amides is 2. The number of hydrogen-bond acceptors (Lipinski definition) is 2. The summed E-state index contributed by atoms with van der Waals surface area (Å²) in [6, 6.07) is 7.88. The second-order valence-electron chi connectivity index (χ2n) is 4.76. The summed E-state index contributed by atoms with van der Waals surface area (Å²) in [5, 5.41) is 2.40. The maximum absolute atomic E-state index is 13.8. The van der Waals surface area contributed by atoms with Crippen molar-refractivity contribution in [3.05, 3.63) is 59.9 Å². The average molecular weight is 322 g/mol. The molecule has 0 bridgehead atoms. The van der Waals surface area contributed by atoms with Gasteiger partial charge in [0.25, 0.3) is 0 Å². The van der Waals surface area contributed by atoms with Crippen molar-refractivity contribution in [3.8, 4) is 0 Å². The van der Waals surface area contributed by atoms with E-state index in [1.54, 1.807) is 0 Å². The van der Waals surface area contributed by atoms with Crippen molar-refractivity contribution in [2.75, 3.05) is 16.8 Å². The Morgan fingerprint density at radius 2 is 1.74 bits per heavy atom. The highest BCUT2D eigenvalue weighted by Gasteiger charge is 2.19. The first-order valence-corrected chi connectivity index (χ1v) is 6.65. The molecule has 0 atom stereocenters. The molecular weight excluding hydrogens is 309 g/mol. The molecule has 2 aromatic carbocycles. The Hall–Kier alpha value is -2.83. The molecule has 0 radical (unpaired) electrons. The number of nitrogens with one attached hydrogen (secondary N) is 1. The number of anilines is 2. The lowest BCUT2D eigenvalue weighted by atomic mass is 10.2. The molecule has 0 aromatic heterocycles. The second-order valence-corrected chi connectivity index (χ2v) is 4.76. The fraction of sp³-hybridized carbons (Fsp3) is 0.125. The zero-order chi connectivity index (χ0) is 17.0. The van der Waals surface area contributed by atoms with E-state index in [0.717, 1.165) is 30.0 Å². The van der Waals surface area contributed by atoms with E-state index < -0.39 is 35.8 Å². The van der Waals surface area contributed by atoms with Gasteiger partial charge in [-0.25, -0.2) is 13.2 Å². The zero-order valence-corrected chi connectivity index (χ0v) is 12.1. The summed E-state index contributed by atoms with van der Waals surface area (Å²) in [6.07, 6.45) is 0. The first-order valence-electron chi connectivity index (χ1n) is 6.65. The van der Waals surface area contributed by atoms with Gasteiger partial charge in [0.1, 0.15) is 24.0 Å². The third-order valence-electron chi connectivity index (χ3n) is 2.99. The quantitative estimate of drug-likeness (QED) is 0.940. The van der Waals surface area contributed by atoms with Crippen molar-refractivity contribution in [1.82, 2.24) is 0 Å². The monoisotopic (exact) mass is 322 g/mol. The number of hydrogen-bond donors (Lipinski definition) is 1. The molecule has 0 saturated carbocycles. The maximum Gasteiger partial charge on any atom is 0.244 e. The minimum Gasteiger partial charge on any atom is -0.324 e. The van der Waals surface area contributed by atoms with E-state index in [-0.39, 0.29) is 11.4 Å². The highest BCUT2D eigenvalue weighted by molar-refractivity contribution is 6.01. The first kappa shape index (κ1) is 16.5. The van der Waals surface area contributed by atoms with Crippen LogP contribution in [0.15, 0.2) is 42.5 Å². The van der Waals surface area contributed by atoms with Crippen molar-refractivity contribution in [2.45, 2.75) is 6.92 Å². The van der Waals surface area contributed by atoms with Crippen LogP contribution in [0.5, 0.6) is 0 Å². The van der Waals surface area contributed by atoms with Crippen LogP contribution in [0.1, 0.15) is 6.92 Å². The van der Waals surface area contributed by atoms with Crippen molar-refractivity contribution < 1.29 is 22.8 Å². The molecule has 23 heavy (non-hydrogen) atoms. The zero-order valence-electron chi connectivity index (χ0n) is 12.1. The van der Waals surface area contributed by atoms with Gasteiger partial charge in [-0.3, -0.25) is 9.59 Å². The lowest BCUT2D eigenvalue weighted by molar-refractivity contribution is -0.120. The summed E-state index contributed by atoms with van der Waals surface area (Å²) in [7, 11) is 0. The van der Waals surface area contributed by atoms with Gasteiger partial charge >= 0.3 is 0 Å². The lowest BCUT2D eigenvalue weighted by Crippen LogP contribution is -2.37. The van der Waals surface area contributed by atoms with E-state index in [9.17, 15) is 22.8 Å². The van der Waals surface area contributed by atoms with Gasteiger partial charge in [0.05, 0.1) is 5.69 Å². The van der Waals surface area contributed by atoms with Crippen LogP contribution in [0.3, 0.4) is 0 Å². The molecule has 0 spiro atoms. The number of carbonyl (C=O) groups excluding carboxylic acids is 2. The number of halogens is 3. The molecule has 0 aliphatic heterocycles. The van der Waals surface area contributed by atoms with Gasteiger partial charge in [-0.05, 0) is 30.3 Å². The summed E-state index contributed by atoms with van der Waals surface area (Å²) < 4.78 is 39.8. The van der Waals surface area contributed by atoms with Crippen molar-refractivity contribution in [3.63, 3.8) is 0 Å². The smallest absolute Gasteiger partial charge is 0.244 e. The number of benzene rings is 2. The minimum atomic E-state index is -0.959. The van der Waals surface area contributed by atoms with Crippen molar-refractivity contribution in [2.24, 2.45) is 0 Å². The number of carbonyl (C=O) groups is 2. The fourth-order valence-electron chi connectivity index (χ4n) is 1.98. The predicted octanol–water partition coefficient (Wildman–Crippen LogP) is 3.10. The highest BCUT2D eigenvalue weighted by atomic mass is 19.1. The summed E-state index contributed by atoms with van der Waals surface area (Å²) in [6.45, 7) is 0.659. The average Bonchev–Trinajstić information content (AvgIpc) is 2.45. The van der Waals surface area contributed by atoms with E-state index in [2.05, 4.69) is 5.32 Å². The summed E-state index contributed by atoms with van der Waals surface area (Å²) in [5.74, 6) is -3.52. The Labute approximate surface area is 130 Å². The Morgan fingerprint density at radius 1 is 1.04 bits per heavy atom. The Morgan fingerprint density at radius 3 is 2.35 bits per heavy atom. The van der Waals surface area contributed by atoms with Gasteiger partial charge in [-0.15, -0.1) is 0 Å². The number of nitrogens with zero attached hydrogens (tertiary/aromatic N) is 1. The Balaban J connectivity index is 2.16.